The Balaban J connectivity index is 0. The van der Waals surface area contributed by atoms with Crippen molar-refractivity contribution in [3.8, 4) is 0 Å². The fourth-order valence-corrected chi connectivity index (χ4v) is 1.74. The van der Waals surface area contributed by atoms with Crippen LogP contribution >= 0.6 is 0 Å². The van der Waals surface area contributed by atoms with Crippen LogP contribution < -0.4 is 0 Å². The van der Waals surface area contributed by atoms with Gasteiger partial charge in [0.25, 0.3) is 5.97 Å². The molecule has 0 aromatic heterocycles. The summed E-state index contributed by atoms with van der Waals surface area (Å²) in [5.74, 6) is -0.833. The molecule has 0 aromatic rings. The highest BCUT2D eigenvalue weighted by Gasteiger charge is 1.90. The molecule has 0 aromatic carbocycles. The Hall–Kier alpha value is -0.790. The number of carboxylic acid groups (broad SMARTS) is 1. The van der Waals surface area contributed by atoms with Gasteiger partial charge in [-0.15, -0.1) is 0 Å². The topological polar surface area (TPSA) is 37.3 Å². The lowest BCUT2D eigenvalue weighted by atomic mass is 10.1. The van der Waals surface area contributed by atoms with Crippen LogP contribution in [0.3, 0.4) is 0 Å². The molecule has 0 aliphatic carbocycles. The predicted molar refractivity (Wildman–Crippen MR) is 80.0 cm³/mol. The van der Waals surface area contributed by atoms with Gasteiger partial charge in [-0.2, -0.15) is 0 Å². The van der Waals surface area contributed by atoms with Gasteiger partial charge in [-0.05, 0) is 19.8 Å². The summed E-state index contributed by atoms with van der Waals surface area (Å²) in [7, 11) is 0. The summed E-state index contributed by atoms with van der Waals surface area (Å²) in [5.41, 5.74) is 0. The summed E-state index contributed by atoms with van der Waals surface area (Å²) in [4.78, 5) is 9.00. The molecule has 0 rings (SSSR count). The van der Waals surface area contributed by atoms with Gasteiger partial charge in [-0.1, -0.05) is 70.4 Å². The van der Waals surface area contributed by atoms with Gasteiger partial charge in [0, 0.05) is 6.92 Å². The highest BCUT2D eigenvalue weighted by Crippen LogP contribution is 2.10. The number of hydrogen-bond donors (Lipinski definition) is 1. The number of carbonyl (C=O) groups is 1. The molecule has 0 atom stereocenters. The smallest absolute Gasteiger partial charge is 0.300 e. The monoisotopic (exact) mass is 256 g/mol. The first-order valence-electron chi connectivity index (χ1n) is 7.45. The van der Waals surface area contributed by atoms with Crippen molar-refractivity contribution in [1.29, 1.82) is 0 Å². The molecule has 0 amide bonds. The maximum absolute atomic E-state index is 9.00. The summed E-state index contributed by atoms with van der Waals surface area (Å²) in [6.07, 6.45) is 18.6. The SMILES string of the molecule is C/C=C/CCCCCCCCCCC.CC(=O)O. The molecule has 0 unspecified atom stereocenters. The van der Waals surface area contributed by atoms with Crippen LogP contribution in [0.2, 0.25) is 0 Å². The molecule has 2 nitrogen and oxygen atoms in total. The molecule has 18 heavy (non-hydrogen) atoms. The molecule has 0 saturated heterocycles. The molecule has 0 spiro atoms. The first-order chi connectivity index (χ1) is 8.65. The Morgan fingerprint density at radius 2 is 1.33 bits per heavy atom. The van der Waals surface area contributed by atoms with Gasteiger partial charge in [-0.25, -0.2) is 0 Å². The third kappa shape index (κ3) is 29.5. The van der Waals surface area contributed by atoms with Gasteiger partial charge >= 0.3 is 0 Å². The molecule has 0 bridgehead atoms. The van der Waals surface area contributed by atoms with Crippen molar-refractivity contribution in [2.24, 2.45) is 0 Å². The van der Waals surface area contributed by atoms with Gasteiger partial charge in [-0.3, -0.25) is 4.79 Å². The minimum atomic E-state index is -0.833. The molecule has 0 aliphatic rings. The van der Waals surface area contributed by atoms with Crippen LogP contribution in [0.4, 0.5) is 0 Å². The average molecular weight is 256 g/mol. The summed E-state index contributed by atoms with van der Waals surface area (Å²) < 4.78 is 0. The van der Waals surface area contributed by atoms with Crippen LogP contribution in [-0.4, -0.2) is 11.1 Å². The number of rotatable bonds is 10. The summed E-state index contributed by atoms with van der Waals surface area (Å²) in [6.45, 7) is 5.47. The van der Waals surface area contributed by atoms with E-state index in [1.807, 2.05) is 0 Å². The van der Waals surface area contributed by atoms with E-state index in [1.165, 1.54) is 64.2 Å². The fourth-order valence-electron chi connectivity index (χ4n) is 1.74. The second-order valence-electron chi connectivity index (χ2n) is 4.71. The van der Waals surface area contributed by atoms with Crippen LogP contribution in [0.25, 0.3) is 0 Å². The zero-order chi connectivity index (χ0) is 14.1. The molecule has 0 fully saturated rings. The van der Waals surface area contributed by atoms with E-state index in [-0.39, 0.29) is 0 Å². The Labute approximate surface area is 113 Å². The maximum Gasteiger partial charge on any atom is 0.300 e. The number of carboxylic acids is 1. The molecule has 0 radical (unpaired) electrons. The Bertz CT molecular complexity index is 182. The van der Waals surface area contributed by atoms with Crippen molar-refractivity contribution in [1.82, 2.24) is 0 Å². The Morgan fingerprint density at radius 3 is 1.72 bits per heavy atom. The van der Waals surface area contributed by atoms with E-state index < -0.39 is 5.97 Å². The maximum atomic E-state index is 9.00. The highest BCUT2D eigenvalue weighted by atomic mass is 16.4. The van der Waals surface area contributed by atoms with Crippen LogP contribution in [0.1, 0.15) is 85.0 Å². The lowest BCUT2D eigenvalue weighted by Gasteiger charge is -2.00. The van der Waals surface area contributed by atoms with Crippen molar-refractivity contribution < 1.29 is 9.90 Å². The number of hydrogen-bond acceptors (Lipinski definition) is 1. The lowest BCUT2D eigenvalue weighted by molar-refractivity contribution is -0.134. The molecule has 2 heteroatoms. The largest absolute Gasteiger partial charge is 0.481 e. The van der Waals surface area contributed by atoms with Crippen molar-refractivity contribution in [3.63, 3.8) is 0 Å². The van der Waals surface area contributed by atoms with Gasteiger partial charge in [0.05, 0.1) is 0 Å². The molecule has 108 valence electrons. The molecule has 0 heterocycles. The third-order valence-corrected chi connectivity index (χ3v) is 2.71. The van der Waals surface area contributed by atoms with Crippen molar-refractivity contribution in [3.05, 3.63) is 12.2 Å². The second kappa shape index (κ2) is 18.6. The van der Waals surface area contributed by atoms with E-state index in [4.69, 9.17) is 9.90 Å². The molecule has 0 aliphatic heterocycles. The van der Waals surface area contributed by atoms with Gasteiger partial charge in [0.15, 0.2) is 0 Å². The molecular weight excluding hydrogens is 224 g/mol. The van der Waals surface area contributed by atoms with Gasteiger partial charge < -0.3 is 5.11 Å². The van der Waals surface area contributed by atoms with Crippen molar-refractivity contribution in [2.45, 2.75) is 85.0 Å². The van der Waals surface area contributed by atoms with Crippen molar-refractivity contribution in [2.75, 3.05) is 0 Å². The standard InChI is InChI=1S/C14H28.C2H4O2/c1-3-5-7-9-11-13-14-12-10-8-6-4-2;1-2(3)4/h3,5H,4,6-14H2,1-2H3;1H3,(H,3,4)/b5-3+;. The van der Waals surface area contributed by atoms with E-state index in [1.54, 1.807) is 0 Å². The van der Waals surface area contributed by atoms with E-state index >= 15 is 0 Å². The summed E-state index contributed by atoms with van der Waals surface area (Å²) in [5, 5.41) is 7.42. The van der Waals surface area contributed by atoms with Crippen LogP contribution in [0, 0.1) is 0 Å². The van der Waals surface area contributed by atoms with E-state index in [2.05, 4.69) is 26.0 Å². The van der Waals surface area contributed by atoms with Crippen molar-refractivity contribution >= 4 is 5.97 Å². The second-order valence-corrected chi connectivity index (χ2v) is 4.71. The first kappa shape index (κ1) is 19.5. The predicted octanol–water partition coefficient (Wildman–Crippen LogP) is 5.57. The normalized spacial score (nSPS) is 10.2. The number of aliphatic carboxylic acids is 1. The molecular formula is C16H32O2. The van der Waals surface area contributed by atoms with E-state index in [9.17, 15) is 0 Å². The van der Waals surface area contributed by atoms with Crippen LogP contribution in [-0.2, 0) is 4.79 Å². The fraction of sp³-hybridized carbons (Fsp3) is 0.812. The lowest BCUT2D eigenvalue weighted by Crippen LogP contribution is -1.80. The molecule has 1 N–H and O–H groups in total. The zero-order valence-corrected chi connectivity index (χ0v) is 12.6. The average Bonchev–Trinajstić information content (AvgIpc) is 2.31. The third-order valence-electron chi connectivity index (χ3n) is 2.71. The van der Waals surface area contributed by atoms with Gasteiger partial charge in [0.2, 0.25) is 0 Å². The zero-order valence-electron chi connectivity index (χ0n) is 12.6. The molecule has 0 saturated carbocycles. The summed E-state index contributed by atoms with van der Waals surface area (Å²) >= 11 is 0. The van der Waals surface area contributed by atoms with Gasteiger partial charge in [0.1, 0.15) is 0 Å². The highest BCUT2D eigenvalue weighted by molar-refractivity contribution is 5.62. The quantitative estimate of drug-likeness (QED) is 0.409. The number of unbranched alkanes of at least 4 members (excludes halogenated alkanes) is 9. The minimum absolute atomic E-state index is 0.833. The van der Waals surface area contributed by atoms with Crippen LogP contribution in [0.5, 0.6) is 0 Å². The Morgan fingerprint density at radius 1 is 0.944 bits per heavy atom. The van der Waals surface area contributed by atoms with E-state index in [0.29, 0.717) is 0 Å². The van der Waals surface area contributed by atoms with Crippen LogP contribution in [0.15, 0.2) is 12.2 Å². The number of allylic oxidation sites excluding steroid dienone is 2. The summed E-state index contributed by atoms with van der Waals surface area (Å²) in [6, 6.07) is 0. The first-order valence-corrected chi connectivity index (χ1v) is 7.45. The minimum Gasteiger partial charge on any atom is -0.481 e. The van der Waals surface area contributed by atoms with E-state index in [0.717, 1.165) is 6.92 Å². The Kier molecular flexibility index (Phi) is 20.2.